The number of hydrogen-bond donors (Lipinski definition) is 1. The van der Waals surface area contributed by atoms with Crippen LogP contribution in [0.5, 0.6) is 0 Å². The Hall–Kier alpha value is -0.570. The van der Waals surface area contributed by atoms with Crippen LogP contribution in [0.15, 0.2) is 0 Å². The van der Waals surface area contributed by atoms with E-state index in [-0.39, 0.29) is 12.1 Å². The van der Waals surface area contributed by atoms with E-state index in [0.29, 0.717) is 30.2 Å². The minimum Gasteiger partial charge on any atom is -0.462 e. The molecular weight excluding hydrogens is 238 g/mol. The summed E-state index contributed by atoms with van der Waals surface area (Å²) in [6, 6.07) is 0. The highest BCUT2D eigenvalue weighted by Crippen LogP contribution is 2.39. The second kappa shape index (κ2) is 7.28. The van der Waals surface area contributed by atoms with Crippen LogP contribution in [-0.2, 0) is 9.53 Å². The van der Waals surface area contributed by atoms with Crippen LogP contribution in [-0.4, -0.2) is 18.6 Å². The first kappa shape index (κ1) is 16.5. The number of hydrogen-bond acceptors (Lipinski definition) is 3. The van der Waals surface area contributed by atoms with E-state index in [2.05, 4.69) is 27.7 Å². The Kier molecular flexibility index (Phi) is 6.31. The molecule has 3 nitrogen and oxygen atoms in total. The van der Waals surface area contributed by atoms with Gasteiger partial charge in [0.25, 0.3) is 0 Å². The first-order chi connectivity index (χ1) is 8.82. The average molecular weight is 269 g/mol. The van der Waals surface area contributed by atoms with Crippen LogP contribution in [0, 0.1) is 17.3 Å². The molecule has 0 spiro atoms. The normalized spacial score (nSPS) is 27.8. The second-order valence-corrected chi connectivity index (χ2v) is 7.25. The van der Waals surface area contributed by atoms with Gasteiger partial charge in [0.05, 0.1) is 0 Å². The molecule has 0 aliphatic heterocycles. The Balaban J connectivity index is 2.31. The highest BCUT2D eigenvalue weighted by atomic mass is 16.5. The molecule has 3 unspecified atom stereocenters. The summed E-state index contributed by atoms with van der Waals surface area (Å²) in [7, 11) is 0. The zero-order chi connectivity index (χ0) is 14.5. The first-order valence-electron chi connectivity index (χ1n) is 7.72. The molecule has 0 saturated heterocycles. The van der Waals surface area contributed by atoms with Crippen LogP contribution in [0.25, 0.3) is 0 Å². The minimum absolute atomic E-state index is 0.0289. The van der Waals surface area contributed by atoms with Crippen molar-refractivity contribution < 1.29 is 9.53 Å². The first-order valence-corrected chi connectivity index (χ1v) is 7.72. The van der Waals surface area contributed by atoms with E-state index in [4.69, 9.17) is 10.5 Å². The molecule has 3 heteroatoms. The van der Waals surface area contributed by atoms with Gasteiger partial charge in [-0.3, -0.25) is 4.79 Å². The van der Waals surface area contributed by atoms with Crippen LogP contribution in [0.4, 0.5) is 0 Å². The van der Waals surface area contributed by atoms with Gasteiger partial charge >= 0.3 is 5.97 Å². The monoisotopic (exact) mass is 269 g/mol. The predicted molar refractivity (Wildman–Crippen MR) is 78.7 cm³/mol. The fourth-order valence-corrected chi connectivity index (χ4v) is 3.39. The number of ether oxygens (including phenoxy) is 1. The van der Waals surface area contributed by atoms with Crippen LogP contribution in [0.1, 0.15) is 66.2 Å². The summed E-state index contributed by atoms with van der Waals surface area (Å²) in [5, 5.41) is 0. The molecule has 1 saturated carbocycles. The number of carbonyl (C=O) groups is 1. The minimum atomic E-state index is -0.0289. The molecule has 0 amide bonds. The summed E-state index contributed by atoms with van der Waals surface area (Å²) < 4.78 is 5.66. The topological polar surface area (TPSA) is 52.3 Å². The lowest BCUT2D eigenvalue weighted by atomic mass is 9.71. The van der Waals surface area contributed by atoms with Gasteiger partial charge in [-0.25, -0.2) is 0 Å². The molecule has 0 aromatic carbocycles. The van der Waals surface area contributed by atoms with E-state index in [9.17, 15) is 4.79 Å². The number of rotatable bonds is 6. The molecule has 1 aliphatic carbocycles. The van der Waals surface area contributed by atoms with Crippen LogP contribution in [0.3, 0.4) is 0 Å². The quantitative estimate of drug-likeness (QED) is 0.751. The molecule has 0 aromatic rings. The van der Waals surface area contributed by atoms with Crippen molar-refractivity contribution in [2.24, 2.45) is 23.0 Å². The fraction of sp³-hybridized carbons (Fsp3) is 0.938. The molecular formula is C16H31NO2. The predicted octanol–water partition coefficient (Wildman–Crippen LogP) is 3.51. The van der Waals surface area contributed by atoms with Crippen molar-refractivity contribution in [2.45, 2.75) is 72.3 Å². The third-order valence-electron chi connectivity index (χ3n) is 4.15. The standard InChI is InChI=1S/C16H31NO2/c1-12(7-8-17)5-6-15(18)19-14-9-13(2)10-16(3,4)11-14/h12-14H,5-11,17H2,1-4H3. The number of nitrogens with two attached hydrogens (primary N) is 1. The van der Waals surface area contributed by atoms with Gasteiger partial charge in [0.15, 0.2) is 0 Å². The zero-order valence-corrected chi connectivity index (χ0v) is 13.1. The van der Waals surface area contributed by atoms with Crippen molar-refractivity contribution >= 4 is 5.97 Å². The molecule has 3 atom stereocenters. The second-order valence-electron chi connectivity index (χ2n) is 7.25. The Morgan fingerprint density at radius 3 is 2.63 bits per heavy atom. The molecule has 2 N–H and O–H groups in total. The molecule has 0 aromatic heterocycles. The Morgan fingerprint density at radius 2 is 2.05 bits per heavy atom. The Labute approximate surface area is 118 Å². The van der Waals surface area contributed by atoms with E-state index < -0.39 is 0 Å². The third-order valence-corrected chi connectivity index (χ3v) is 4.15. The SMILES string of the molecule is CC(CCN)CCC(=O)OC1CC(C)CC(C)(C)C1. The van der Waals surface area contributed by atoms with Gasteiger partial charge in [0, 0.05) is 6.42 Å². The summed E-state index contributed by atoms with van der Waals surface area (Å²) in [6.45, 7) is 9.64. The smallest absolute Gasteiger partial charge is 0.306 e. The molecule has 1 aliphatic rings. The summed E-state index contributed by atoms with van der Waals surface area (Å²) in [5.74, 6) is 1.13. The lowest BCUT2D eigenvalue weighted by molar-refractivity contribution is -0.153. The van der Waals surface area contributed by atoms with E-state index in [0.717, 1.165) is 25.7 Å². The van der Waals surface area contributed by atoms with Crippen molar-refractivity contribution in [1.82, 2.24) is 0 Å². The van der Waals surface area contributed by atoms with Gasteiger partial charge in [-0.1, -0.05) is 27.7 Å². The number of carbonyl (C=O) groups excluding carboxylic acids is 1. The van der Waals surface area contributed by atoms with Crippen LogP contribution >= 0.6 is 0 Å². The summed E-state index contributed by atoms with van der Waals surface area (Å²) in [4.78, 5) is 11.9. The maximum Gasteiger partial charge on any atom is 0.306 e. The van der Waals surface area contributed by atoms with Crippen LogP contribution < -0.4 is 5.73 Å². The third kappa shape index (κ3) is 6.42. The maximum absolute atomic E-state index is 11.9. The molecule has 19 heavy (non-hydrogen) atoms. The summed E-state index contributed by atoms with van der Waals surface area (Å²) in [5.41, 5.74) is 5.82. The van der Waals surface area contributed by atoms with Gasteiger partial charge in [0.1, 0.15) is 6.10 Å². The van der Waals surface area contributed by atoms with E-state index in [1.807, 2.05) is 0 Å². The zero-order valence-electron chi connectivity index (χ0n) is 13.1. The Morgan fingerprint density at radius 1 is 1.37 bits per heavy atom. The molecule has 0 bridgehead atoms. The molecule has 0 radical (unpaired) electrons. The lowest BCUT2D eigenvalue weighted by Crippen LogP contribution is -2.34. The highest BCUT2D eigenvalue weighted by Gasteiger charge is 2.33. The van der Waals surface area contributed by atoms with E-state index in [1.165, 1.54) is 6.42 Å². The van der Waals surface area contributed by atoms with Gasteiger partial charge in [-0.2, -0.15) is 0 Å². The van der Waals surface area contributed by atoms with Crippen molar-refractivity contribution in [1.29, 1.82) is 0 Å². The molecule has 0 heterocycles. The summed E-state index contributed by atoms with van der Waals surface area (Å²) >= 11 is 0. The van der Waals surface area contributed by atoms with Gasteiger partial charge in [-0.15, -0.1) is 0 Å². The van der Waals surface area contributed by atoms with Crippen molar-refractivity contribution in [2.75, 3.05) is 6.54 Å². The average Bonchev–Trinajstić information content (AvgIpc) is 2.23. The summed E-state index contributed by atoms with van der Waals surface area (Å²) in [6.07, 6.45) is 5.79. The van der Waals surface area contributed by atoms with E-state index in [1.54, 1.807) is 0 Å². The molecule has 112 valence electrons. The number of esters is 1. The van der Waals surface area contributed by atoms with Gasteiger partial charge < -0.3 is 10.5 Å². The highest BCUT2D eigenvalue weighted by molar-refractivity contribution is 5.69. The lowest BCUT2D eigenvalue weighted by Gasteiger charge is -2.38. The van der Waals surface area contributed by atoms with Crippen LogP contribution in [0.2, 0.25) is 0 Å². The van der Waals surface area contributed by atoms with Crippen molar-refractivity contribution in [3.8, 4) is 0 Å². The van der Waals surface area contributed by atoms with E-state index >= 15 is 0 Å². The largest absolute Gasteiger partial charge is 0.462 e. The van der Waals surface area contributed by atoms with Gasteiger partial charge in [-0.05, 0) is 55.9 Å². The van der Waals surface area contributed by atoms with Gasteiger partial charge in [0.2, 0.25) is 0 Å². The fourth-order valence-electron chi connectivity index (χ4n) is 3.39. The van der Waals surface area contributed by atoms with Crippen molar-refractivity contribution in [3.05, 3.63) is 0 Å². The maximum atomic E-state index is 11.9. The molecule has 1 fully saturated rings. The van der Waals surface area contributed by atoms with Crippen molar-refractivity contribution in [3.63, 3.8) is 0 Å². The molecule has 1 rings (SSSR count). The Bertz CT molecular complexity index is 288.